The lowest BCUT2D eigenvalue weighted by Crippen LogP contribution is -2.53. The molecule has 2 N–H and O–H groups in total. The van der Waals surface area contributed by atoms with Gasteiger partial charge in [-0.15, -0.1) is 0 Å². The summed E-state index contributed by atoms with van der Waals surface area (Å²) in [6.07, 6.45) is 0.426. The molecule has 178 valence electrons. The molecule has 7 nitrogen and oxygen atoms in total. The van der Waals surface area contributed by atoms with E-state index in [0.717, 1.165) is 32.2 Å². The number of carbonyl (C=O) groups is 2. The molecule has 0 bridgehead atoms. The highest BCUT2D eigenvalue weighted by atomic mass is 79.9. The molecule has 0 spiro atoms. The smallest absolute Gasteiger partial charge is 0.328 e. The minimum Gasteiger partial charge on any atom is -0.508 e. The number of nitrogens with one attached hydrogen (secondary N) is 1. The van der Waals surface area contributed by atoms with Crippen molar-refractivity contribution in [1.82, 2.24) is 19.7 Å². The predicted octanol–water partition coefficient (Wildman–Crippen LogP) is 4.64. The number of aromatic hydroxyl groups is 1. The third-order valence-electron chi connectivity index (χ3n) is 7.37. The van der Waals surface area contributed by atoms with Gasteiger partial charge in [0, 0.05) is 46.6 Å². The van der Waals surface area contributed by atoms with Crippen LogP contribution < -0.4 is 0 Å². The van der Waals surface area contributed by atoms with Crippen molar-refractivity contribution in [3.05, 3.63) is 63.8 Å². The fraction of sp³-hybridized carbons (Fsp3) is 0.385. The Hall–Kier alpha value is -2.84. The summed E-state index contributed by atoms with van der Waals surface area (Å²) < 4.78 is 0.954. The zero-order valence-electron chi connectivity index (χ0n) is 19.8. The molecule has 5 rings (SSSR count). The number of H-pyrrole nitrogens is 1. The van der Waals surface area contributed by atoms with Crippen LogP contribution in [0, 0.1) is 0 Å². The number of likely N-dealkylation sites (N-methyl/N-ethyl adjacent to an activating group) is 1. The van der Waals surface area contributed by atoms with Crippen molar-refractivity contribution in [3.8, 4) is 5.75 Å². The Morgan fingerprint density at radius 2 is 2.00 bits per heavy atom. The zero-order valence-corrected chi connectivity index (χ0v) is 21.4. The molecule has 2 aromatic carbocycles. The van der Waals surface area contributed by atoms with Gasteiger partial charge in [0.1, 0.15) is 17.3 Å². The second kappa shape index (κ2) is 8.13. The van der Waals surface area contributed by atoms with Crippen molar-refractivity contribution >= 4 is 38.8 Å². The van der Waals surface area contributed by atoms with Crippen LogP contribution in [0.1, 0.15) is 43.6 Å². The van der Waals surface area contributed by atoms with Gasteiger partial charge in [-0.2, -0.15) is 0 Å². The number of nitrogens with zero attached hydrogens (tertiary/aromatic N) is 3. The van der Waals surface area contributed by atoms with Crippen LogP contribution in [0.3, 0.4) is 0 Å². The quantitative estimate of drug-likeness (QED) is 0.476. The lowest BCUT2D eigenvalue weighted by Gasteiger charge is -2.42. The minimum atomic E-state index is -1.02. The van der Waals surface area contributed by atoms with Crippen LogP contribution in [0.5, 0.6) is 5.75 Å². The Bertz CT molecular complexity index is 1300. The van der Waals surface area contributed by atoms with Crippen molar-refractivity contribution in [2.24, 2.45) is 0 Å². The van der Waals surface area contributed by atoms with Crippen molar-refractivity contribution in [2.75, 3.05) is 20.1 Å². The van der Waals surface area contributed by atoms with E-state index in [2.05, 4.69) is 45.7 Å². The minimum absolute atomic E-state index is 0.124. The highest BCUT2D eigenvalue weighted by Gasteiger charge is 2.60. The second-order valence-corrected chi connectivity index (χ2v) is 10.8. The van der Waals surface area contributed by atoms with Crippen LogP contribution in [-0.2, 0) is 11.2 Å². The summed E-state index contributed by atoms with van der Waals surface area (Å²) in [6.45, 7) is 7.00. The summed E-state index contributed by atoms with van der Waals surface area (Å²) in [5, 5.41) is 11.3. The molecular formula is C26H29BrN4O3. The predicted molar refractivity (Wildman–Crippen MR) is 135 cm³/mol. The Labute approximate surface area is 207 Å². The van der Waals surface area contributed by atoms with Gasteiger partial charge in [0.05, 0.1) is 0 Å². The van der Waals surface area contributed by atoms with Crippen LogP contribution in [0.2, 0.25) is 0 Å². The number of phenolic OH excluding ortho intramolecular Hbond substituents is 1. The van der Waals surface area contributed by atoms with Gasteiger partial charge < -0.3 is 15.0 Å². The van der Waals surface area contributed by atoms with E-state index in [9.17, 15) is 14.7 Å². The highest BCUT2D eigenvalue weighted by Crippen LogP contribution is 2.49. The Morgan fingerprint density at radius 3 is 2.71 bits per heavy atom. The molecule has 0 aliphatic carbocycles. The van der Waals surface area contributed by atoms with Gasteiger partial charge in [0.25, 0.3) is 5.91 Å². The monoisotopic (exact) mass is 524 g/mol. The van der Waals surface area contributed by atoms with Crippen molar-refractivity contribution < 1.29 is 14.7 Å². The van der Waals surface area contributed by atoms with Crippen LogP contribution in [-0.4, -0.2) is 68.4 Å². The number of halogens is 1. The molecule has 34 heavy (non-hydrogen) atoms. The number of hydrogen-bond acceptors (Lipinski definition) is 4. The van der Waals surface area contributed by atoms with Crippen LogP contribution >= 0.6 is 15.9 Å². The average molecular weight is 525 g/mol. The Kier molecular flexibility index (Phi) is 5.48. The number of carbonyl (C=O) groups excluding carboxylic acids is 2. The van der Waals surface area contributed by atoms with E-state index in [1.165, 1.54) is 4.90 Å². The van der Waals surface area contributed by atoms with Crippen molar-refractivity contribution in [2.45, 2.75) is 44.8 Å². The Balaban J connectivity index is 1.65. The molecule has 0 radical (unpaired) electrons. The molecule has 3 amide bonds. The SMILES string of the molecule is CC(C)N(C)CCN1C(=O)N2C(c3cccc(O)c3)c3[nH]c4ccc(Br)cc4c3CC2(C)C1=O. The number of hydrogen-bond donors (Lipinski definition) is 2. The summed E-state index contributed by atoms with van der Waals surface area (Å²) in [6, 6.07) is 12.5. The number of urea groups is 1. The fourth-order valence-electron chi connectivity index (χ4n) is 5.24. The van der Waals surface area contributed by atoms with Gasteiger partial charge in [-0.3, -0.25) is 14.6 Å². The van der Waals surface area contributed by atoms with Gasteiger partial charge in [-0.1, -0.05) is 28.1 Å². The van der Waals surface area contributed by atoms with Gasteiger partial charge >= 0.3 is 6.03 Å². The number of aromatic nitrogens is 1. The second-order valence-electron chi connectivity index (χ2n) is 9.84. The molecule has 1 fully saturated rings. The summed E-state index contributed by atoms with van der Waals surface area (Å²) in [4.78, 5) is 36.4. The molecule has 0 saturated carbocycles. The van der Waals surface area contributed by atoms with Gasteiger partial charge in [0.15, 0.2) is 0 Å². The number of benzene rings is 2. The molecule has 1 aromatic heterocycles. The molecule has 2 atom stereocenters. The van der Waals surface area contributed by atoms with Gasteiger partial charge in [-0.25, -0.2) is 4.79 Å². The highest BCUT2D eigenvalue weighted by molar-refractivity contribution is 9.10. The molecule has 2 aliphatic rings. The lowest BCUT2D eigenvalue weighted by molar-refractivity contribution is -0.133. The van der Waals surface area contributed by atoms with E-state index in [-0.39, 0.29) is 17.7 Å². The van der Waals surface area contributed by atoms with E-state index < -0.39 is 11.6 Å². The maximum absolute atomic E-state index is 13.8. The fourth-order valence-corrected chi connectivity index (χ4v) is 5.60. The van der Waals surface area contributed by atoms with E-state index >= 15 is 0 Å². The first-order valence-corrected chi connectivity index (χ1v) is 12.4. The molecule has 1 saturated heterocycles. The average Bonchev–Trinajstić information content (AvgIpc) is 3.22. The van der Waals surface area contributed by atoms with E-state index in [4.69, 9.17) is 0 Å². The zero-order chi connectivity index (χ0) is 24.4. The maximum Gasteiger partial charge on any atom is 0.328 e. The largest absolute Gasteiger partial charge is 0.508 e. The van der Waals surface area contributed by atoms with Gasteiger partial charge in [-0.05, 0) is 69.3 Å². The molecular weight excluding hydrogens is 496 g/mol. The van der Waals surface area contributed by atoms with Gasteiger partial charge in [0.2, 0.25) is 0 Å². The molecule has 3 heterocycles. The Morgan fingerprint density at radius 1 is 1.24 bits per heavy atom. The first-order chi connectivity index (χ1) is 16.1. The topological polar surface area (TPSA) is 79.9 Å². The summed E-state index contributed by atoms with van der Waals surface area (Å²) in [7, 11) is 2.00. The lowest BCUT2D eigenvalue weighted by atomic mass is 9.81. The molecule has 3 aromatic rings. The first kappa shape index (κ1) is 22.9. The van der Waals surface area contributed by atoms with E-state index in [1.54, 1.807) is 23.1 Å². The molecule has 2 unspecified atom stereocenters. The number of rotatable bonds is 5. The van der Waals surface area contributed by atoms with Crippen molar-refractivity contribution in [1.29, 1.82) is 0 Å². The number of aromatic amines is 1. The summed E-state index contributed by atoms with van der Waals surface area (Å²) in [5.41, 5.74) is 2.62. The standard InChI is InChI=1S/C26H29BrN4O3/c1-15(2)29(4)10-11-30-24(33)26(3)14-20-19-13-17(27)8-9-21(19)28-22(20)23(31(26)25(30)34)16-6-5-7-18(32)12-16/h5-9,12-13,15,23,28,32H,10-11,14H2,1-4H3. The van der Waals surface area contributed by atoms with Crippen LogP contribution in [0.25, 0.3) is 10.9 Å². The maximum atomic E-state index is 13.8. The number of fused-ring (bicyclic) bond motifs is 4. The van der Waals surface area contributed by atoms with Crippen molar-refractivity contribution in [3.63, 3.8) is 0 Å². The third kappa shape index (κ3) is 3.43. The summed E-state index contributed by atoms with van der Waals surface area (Å²) in [5.74, 6) is -0.0478. The third-order valence-corrected chi connectivity index (χ3v) is 7.87. The van der Waals surface area contributed by atoms with E-state index in [1.807, 2.05) is 32.2 Å². The summed E-state index contributed by atoms with van der Waals surface area (Å²) >= 11 is 3.57. The number of phenols is 1. The first-order valence-electron chi connectivity index (χ1n) is 11.6. The van der Waals surface area contributed by atoms with Crippen LogP contribution in [0.4, 0.5) is 4.79 Å². The number of amides is 3. The number of imide groups is 1. The van der Waals surface area contributed by atoms with Crippen LogP contribution in [0.15, 0.2) is 46.9 Å². The molecule has 2 aliphatic heterocycles. The van der Waals surface area contributed by atoms with E-state index in [0.29, 0.717) is 25.6 Å². The normalized spacial score (nSPS) is 22.3. The molecule has 8 heteroatoms.